The average Bonchev–Trinajstić information content (AvgIpc) is 2.96. The number of hydrogen-bond acceptors (Lipinski definition) is 3. The van der Waals surface area contributed by atoms with Crippen molar-refractivity contribution in [3.8, 4) is 0 Å². The second kappa shape index (κ2) is 5.34. The highest BCUT2D eigenvalue weighted by Crippen LogP contribution is 2.26. The Kier molecular flexibility index (Phi) is 3.56. The number of rotatable bonds is 4. The minimum Gasteiger partial charge on any atom is -0.459 e. The van der Waals surface area contributed by atoms with Gasteiger partial charge in [-0.1, -0.05) is 18.2 Å². The third kappa shape index (κ3) is 2.52. The summed E-state index contributed by atoms with van der Waals surface area (Å²) in [6, 6.07) is 8.14. The predicted molar refractivity (Wildman–Crippen MR) is 83.0 cm³/mol. The van der Waals surface area contributed by atoms with Gasteiger partial charge in [0, 0.05) is 17.1 Å². The van der Waals surface area contributed by atoms with Gasteiger partial charge in [0.25, 0.3) is 0 Å². The molecular formula is C14H14IN3O. The molecule has 2 heterocycles. The lowest BCUT2D eigenvalue weighted by Gasteiger charge is -2.03. The molecule has 0 radical (unpaired) electrons. The van der Waals surface area contributed by atoms with Crippen molar-refractivity contribution in [2.45, 2.75) is 13.1 Å². The zero-order valence-corrected chi connectivity index (χ0v) is 12.7. The molecule has 0 fully saturated rings. The lowest BCUT2D eigenvalue weighted by Crippen LogP contribution is -2.08. The molecule has 98 valence electrons. The minimum atomic E-state index is 0.725. The highest BCUT2D eigenvalue weighted by Gasteiger charge is 2.13. The number of furan rings is 1. The molecule has 0 unspecified atom stereocenters. The molecule has 0 aliphatic carbocycles. The van der Waals surface area contributed by atoms with Crippen molar-refractivity contribution in [1.82, 2.24) is 15.1 Å². The maximum Gasteiger partial charge on any atom is 0.134 e. The van der Waals surface area contributed by atoms with E-state index >= 15 is 0 Å². The van der Waals surface area contributed by atoms with Crippen molar-refractivity contribution >= 4 is 33.6 Å². The summed E-state index contributed by atoms with van der Waals surface area (Å²) >= 11 is 2.27. The van der Waals surface area contributed by atoms with Gasteiger partial charge in [-0.05, 0) is 35.7 Å². The van der Waals surface area contributed by atoms with Crippen LogP contribution >= 0.6 is 22.6 Å². The maximum absolute atomic E-state index is 5.91. The van der Waals surface area contributed by atoms with E-state index in [1.165, 1.54) is 10.9 Å². The van der Waals surface area contributed by atoms with Crippen LogP contribution in [-0.2, 0) is 13.1 Å². The van der Waals surface area contributed by atoms with Crippen LogP contribution in [0.3, 0.4) is 0 Å². The van der Waals surface area contributed by atoms with Crippen LogP contribution in [0.15, 0.2) is 41.1 Å². The number of nitrogens with zero attached hydrogens (tertiary/aromatic N) is 2. The van der Waals surface area contributed by atoms with Gasteiger partial charge in [-0.3, -0.25) is 4.68 Å². The van der Waals surface area contributed by atoms with Crippen LogP contribution in [-0.4, -0.2) is 16.8 Å². The van der Waals surface area contributed by atoms with Gasteiger partial charge in [0.2, 0.25) is 0 Å². The van der Waals surface area contributed by atoms with Crippen LogP contribution in [0.2, 0.25) is 0 Å². The summed E-state index contributed by atoms with van der Waals surface area (Å²) < 4.78 is 9.00. The highest BCUT2D eigenvalue weighted by atomic mass is 127. The molecule has 0 amide bonds. The number of fused-ring (bicyclic) bond motifs is 1. The molecule has 3 rings (SSSR count). The third-order valence-electron chi connectivity index (χ3n) is 3.04. The standard InChI is InChI=1S/C14H14IN3O/c1-16-7-14-12(9-18-8-10(15)6-17-18)11-4-2-3-5-13(11)19-14/h2-6,8,16H,7,9H2,1H3. The van der Waals surface area contributed by atoms with Crippen LogP contribution in [0.1, 0.15) is 11.3 Å². The molecule has 0 spiro atoms. The molecule has 0 bridgehead atoms. The van der Waals surface area contributed by atoms with E-state index < -0.39 is 0 Å². The first kappa shape index (κ1) is 12.7. The van der Waals surface area contributed by atoms with E-state index in [1.54, 1.807) is 0 Å². The molecule has 0 saturated carbocycles. The molecule has 4 nitrogen and oxygen atoms in total. The molecular weight excluding hydrogens is 353 g/mol. The molecule has 19 heavy (non-hydrogen) atoms. The van der Waals surface area contributed by atoms with Gasteiger partial charge in [-0.25, -0.2) is 0 Å². The van der Waals surface area contributed by atoms with Gasteiger partial charge < -0.3 is 9.73 Å². The first-order valence-corrected chi connectivity index (χ1v) is 7.17. The van der Waals surface area contributed by atoms with Crippen molar-refractivity contribution in [2.75, 3.05) is 7.05 Å². The summed E-state index contributed by atoms with van der Waals surface area (Å²) in [7, 11) is 1.92. The quantitative estimate of drug-likeness (QED) is 0.721. The van der Waals surface area contributed by atoms with Crippen molar-refractivity contribution in [2.24, 2.45) is 0 Å². The van der Waals surface area contributed by atoms with E-state index in [1.807, 2.05) is 42.3 Å². The topological polar surface area (TPSA) is 43.0 Å². The van der Waals surface area contributed by atoms with E-state index in [0.29, 0.717) is 0 Å². The summed E-state index contributed by atoms with van der Waals surface area (Å²) in [5.41, 5.74) is 2.13. The van der Waals surface area contributed by atoms with Crippen LogP contribution in [0.5, 0.6) is 0 Å². The fourth-order valence-electron chi connectivity index (χ4n) is 2.21. The third-order valence-corrected chi connectivity index (χ3v) is 3.60. The highest BCUT2D eigenvalue weighted by molar-refractivity contribution is 14.1. The molecule has 1 aromatic carbocycles. The molecule has 2 aromatic heterocycles. The predicted octanol–water partition coefficient (Wildman–Crippen LogP) is 3.00. The lowest BCUT2D eigenvalue weighted by atomic mass is 10.1. The molecule has 1 N–H and O–H groups in total. The van der Waals surface area contributed by atoms with E-state index in [4.69, 9.17) is 4.42 Å². The van der Waals surface area contributed by atoms with Crippen molar-refractivity contribution in [3.05, 3.63) is 51.6 Å². The molecule has 3 aromatic rings. The van der Waals surface area contributed by atoms with Crippen LogP contribution in [0.4, 0.5) is 0 Å². The van der Waals surface area contributed by atoms with E-state index in [0.717, 1.165) is 28.0 Å². The summed E-state index contributed by atoms with van der Waals surface area (Å²) in [6.45, 7) is 1.46. The smallest absolute Gasteiger partial charge is 0.134 e. The van der Waals surface area contributed by atoms with Gasteiger partial charge in [0.1, 0.15) is 11.3 Å². The SMILES string of the molecule is CNCc1oc2ccccc2c1Cn1cc(I)cn1. The fourth-order valence-corrected chi connectivity index (χ4v) is 2.66. The van der Waals surface area contributed by atoms with Gasteiger partial charge in [-0.15, -0.1) is 0 Å². The Morgan fingerprint density at radius 2 is 2.21 bits per heavy atom. The number of nitrogens with one attached hydrogen (secondary N) is 1. The summed E-state index contributed by atoms with van der Waals surface area (Å²) in [4.78, 5) is 0. The second-order valence-electron chi connectivity index (χ2n) is 4.39. The molecule has 0 aliphatic rings. The number of benzene rings is 1. The van der Waals surface area contributed by atoms with Crippen molar-refractivity contribution in [1.29, 1.82) is 0 Å². The van der Waals surface area contributed by atoms with E-state index in [-0.39, 0.29) is 0 Å². The fraction of sp³-hybridized carbons (Fsp3) is 0.214. The molecule has 0 saturated heterocycles. The first-order chi connectivity index (χ1) is 9.28. The number of hydrogen-bond donors (Lipinski definition) is 1. The summed E-state index contributed by atoms with van der Waals surface area (Å²) in [6.07, 6.45) is 3.89. The Labute approximate surface area is 124 Å². The molecule has 0 aliphatic heterocycles. The Bertz CT molecular complexity index is 702. The van der Waals surface area contributed by atoms with E-state index in [9.17, 15) is 0 Å². The van der Waals surface area contributed by atoms with Crippen molar-refractivity contribution in [3.63, 3.8) is 0 Å². The minimum absolute atomic E-state index is 0.725. The Balaban J connectivity index is 2.06. The lowest BCUT2D eigenvalue weighted by molar-refractivity contribution is 0.518. The van der Waals surface area contributed by atoms with E-state index in [2.05, 4.69) is 39.1 Å². The number of para-hydroxylation sites is 1. The largest absolute Gasteiger partial charge is 0.459 e. The zero-order chi connectivity index (χ0) is 13.2. The first-order valence-electron chi connectivity index (χ1n) is 6.10. The number of halogens is 1. The Hall–Kier alpha value is -1.34. The normalized spacial score (nSPS) is 11.3. The van der Waals surface area contributed by atoms with Gasteiger partial charge in [-0.2, -0.15) is 5.10 Å². The van der Waals surface area contributed by atoms with Gasteiger partial charge in [0.15, 0.2) is 0 Å². The monoisotopic (exact) mass is 367 g/mol. The second-order valence-corrected chi connectivity index (χ2v) is 5.63. The summed E-state index contributed by atoms with van der Waals surface area (Å²) in [5, 5.41) is 8.66. The number of aromatic nitrogens is 2. The van der Waals surface area contributed by atoms with Crippen LogP contribution in [0, 0.1) is 3.57 Å². The van der Waals surface area contributed by atoms with Gasteiger partial charge in [0.05, 0.1) is 22.9 Å². The zero-order valence-electron chi connectivity index (χ0n) is 10.6. The molecule has 0 atom stereocenters. The van der Waals surface area contributed by atoms with Crippen LogP contribution < -0.4 is 5.32 Å². The maximum atomic E-state index is 5.91. The Morgan fingerprint density at radius 1 is 1.37 bits per heavy atom. The molecule has 5 heteroatoms. The summed E-state index contributed by atoms with van der Waals surface area (Å²) in [5.74, 6) is 0.981. The average molecular weight is 367 g/mol. The van der Waals surface area contributed by atoms with Crippen molar-refractivity contribution < 1.29 is 4.42 Å². The van der Waals surface area contributed by atoms with Crippen LogP contribution in [0.25, 0.3) is 11.0 Å². The Morgan fingerprint density at radius 3 is 2.95 bits per heavy atom. The van der Waals surface area contributed by atoms with Gasteiger partial charge >= 0.3 is 0 Å².